The van der Waals surface area contributed by atoms with Crippen molar-refractivity contribution in [3.8, 4) is 0 Å². The lowest BCUT2D eigenvalue weighted by Gasteiger charge is -2.00. The molecule has 1 N–H and O–H groups in total. The van der Waals surface area contributed by atoms with Crippen LogP contribution >= 0.6 is 11.6 Å². The Hall–Kier alpha value is -1.09. The van der Waals surface area contributed by atoms with E-state index in [2.05, 4.69) is 5.32 Å². The summed E-state index contributed by atoms with van der Waals surface area (Å²) >= 11 is 5.60. The number of carbonyl (C=O) groups excluding carboxylic acids is 1. The second-order valence-corrected chi connectivity index (χ2v) is 2.63. The molecule has 64 valence electrons. The van der Waals surface area contributed by atoms with E-state index in [-0.39, 0.29) is 0 Å². The largest absolute Gasteiger partial charge is 0.324 e. The van der Waals surface area contributed by atoms with Crippen LogP contribution in [-0.4, -0.2) is 12.6 Å². The summed E-state index contributed by atoms with van der Waals surface area (Å²) in [6, 6.07) is 6.45. The molecule has 1 rings (SSSR count). The van der Waals surface area contributed by atoms with Gasteiger partial charge in [0.2, 0.25) is 0 Å². The molecule has 12 heavy (non-hydrogen) atoms. The Morgan fingerprint density at radius 3 is 2.50 bits per heavy atom. The Balaban J connectivity index is 2.64. The van der Waals surface area contributed by atoms with E-state index >= 15 is 0 Å². The maximum absolute atomic E-state index is 11.7. The van der Waals surface area contributed by atoms with E-state index in [1.807, 2.05) is 0 Å². The highest BCUT2D eigenvalue weighted by Crippen LogP contribution is 2.12. The van der Waals surface area contributed by atoms with Crippen LogP contribution in [0.5, 0.6) is 0 Å². The van der Waals surface area contributed by atoms with Gasteiger partial charge in [0.05, 0.1) is 0 Å². The van der Waals surface area contributed by atoms with Gasteiger partial charge in [0.15, 0.2) is 6.67 Å². The van der Waals surface area contributed by atoms with Crippen LogP contribution in [0.15, 0.2) is 24.3 Å². The molecule has 0 aromatic heterocycles. The number of anilines is 1. The zero-order chi connectivity index (χ0) is 8.97. The van der Waals surface area contributed by atoms with Crippen molar-refractivity contribution in [1.82, 2.24) is 0 Å². The normalized spacial score (nSPS) is 9.50. The number of hydrogen-bond donors (Lipinski definition) is 1. The third kappa shape index (κ3) is 2.51. The third-order valence-corrected chi connectivity index (χ3v) is 1.50. The Morgan fingerprint density at radius 2 is 2.00 bits per heavy atom. The minimum atomic E-state index is -1.01. The van der Waals surface area contributed by atoms with Gasteiger partial charge in [-0.15, -0.1) is 0 Å². The highest BCUT2D eigenvalue weighted by Gasteiger charge is 1.99. The smallest absolute Gasteiger partial charge is 0.255 e. The number of halogens is 2. The van der Waals surface area contributed by atoms with Gasteiger partial charge in [-0.1, -0.05) is 11.6 Å². The van der Waals surface area contributed by atoms with Crippen molar-refractivity contribution < 1.29 is 9.18 Å². The average molecular weight is 188 g/mol. The van der Waals surface area contributed by atoms with Gasteiger partial charge in [-0.05, 0) is 24.3 Å². The zero-order valence-corrected chi connectivity index (χ0v) is 6.94. The maximum Gasteiger partial charge on any atom is 0.255 e. The van der Waals surface area contributed by atoms with Gasteiger partial charge in [-0.25, -0.2) is 4.39 Å². The summed E-state index contributed by atoms with van der Waals surface area (Å²) in [7, 11) is 0. The van der Waals surface area contributed by atoms with E-state index in [4.69, 9.17) is 11.6 Å². The Morgan fingerprint density at radius 1 is 1.42 bits per heavy atom. The van der Waals surface area contributed by atoms with Crippen LogP contribution in [0.2, 0.25) is 5.02 Å². The molecule has 2 nitrogen and oxygen atoms in total. The summed E-state index contributed by atoms with van der Waals surface area (Å²) in [6.07, 6.45) is 0. The lowest BCUT2D eigenvalue weighted by atomic mass is 10.3. The van der Waals surface area contributed by atoms with E-state index in [0.717, 1.165) is 0 Å². The van der Waals surface area contributed by atoms with Gasteiger partial charge >= 0.3 is 0 Å². The fourth-order valence-electron chi connectivity index (χ4n) is 0.728. The number of benzene rings is 1. The quantitative estimate of drug-likeness (QED) is 0.756. The molecule has 0 aliphatic carbocycles. The fourth-order valence-corrected chi connectivity index (χ4v) is 0.854. The molecule has 1 aromatic carbocycles. The van der Waals surface area contributed by atoms with Gasteiger partial charge in [-0.3, -0.25) is 4.79 Å². The monoisotopic (exact) mass is 187 g/mol. The van der Waals surface area contributed by atoms with Gasteiger partial charge < -0.3 is 5.32 Å². The molecule has 0 aliphatic rings. The summed E-state index contributed by atoms with van der Waals surface area (Å²) in [5.74, 6) is -0.655. The van der Waals surface area contributed by atoms with Gasteiger partial charge in [-0.2, -0.15) is 0 Å². The van der Waals surface area contributed by atoms with Crippen molar-refractivity contribution in [3.05, 3.63) is 29.3 Å². The molecule has 0 spiro atoms. The molecule has 0 bridgehead atoms. The molecule has 1 amide bonds. The molecule has 0 atom stereocenters. The first-order valence-electron chi connectivity index (χ1n) is 3.34. The average Bonchev–Trinajstić information content (AvgIpc) is 2.09. The molecule has 0 saturated heterocycles. The first kappa shape index (κ1) is 9.00. The number of alkyl halides is 1. The SMILES string of the molecule is O=C(CF)Nc1ccc(Cl)cc1. The van der Waals surface area contributed by atoms with Crippen molar-refractivity contribution in [1.29, 1.82) is 0 Å². The minimum absolute atomic E-state index is 0.544. The highest BCUT2D eigenvalue weighted by molar-refractivity contribution is 6.30. The predicted molar refractivity (Wildman–Crippen MR) is 46.1 cm³/mol. The van der Waals surface area contributed by atoms with Crippen LogP contribution in [0.1, 0.15) is 0 Å². The van der Waals surface area contributed by atoms with E-state index in [9.17, 15) is 9.18 Å². The van der Waals surface area contributed by atoms with Crippen molar-refractivity contribution >= 4 is 23.2 Å². The molecule has 0 heterocycles. The molecular weight excluding hydrogens is 181 g/mol. The molecule has 0 aliphatic heterocycles. The number of nitrogens with one attached hydrogen (secondary N) is 1. The van der Waals surface area contributed by atoms with E-state index in [0.29, 0.717) is 10.7 Å². The number of hydrogen-bond acceptors (Lipinski definition) is 1. The number of rotatable bonds is 2. The molecule has 0 radical (unpaired) electrons. The first-order chi connectivity index (χ1) is 5.72. The molecule has 0 saturated carbocycles. The summed E-state index contributed by atoms with van der Waals surface area (Å²) in [5.41, 5.74) is 0.544. The Bertz CT molecular complexity index is 273. The second-order valence-electron chi connectivity index (χ2n) is 2.19. The van der Waals surface area contributed by atoms with Crippen molar-refractivity contribution in [2.45, 2.75) is 0 Å². The predicted octanol–water partition coefficient (Wildman–Crippen LogP) is 2.25. The van der Waals surface area contributed by atoms with E-state index < -0.39 is 12.6 Å². The molecular formula is C8H7ClFNO. The molecule has 4 heteroatoms. The summed E-state index contributed by atoms with van der Waals surface area (Å²) < 4.78 is 11.7. The van der Waals surface area contributed by atoms with Crippen LogP contribution in [0.3, 0.4) is 0 Å². The standard InChI is InChI=1S/C8H7ClFNO/c9-6-1-3-7(4-2-6)11-8(12)5-10/h1-4H,5H2,(H,11,12). The summed E-state index contributed by atoms with van der Waals surface area (Å²) in [4.78, 5) is 10.5. The lowest BCUT2D eigenvalue weighted by molar-refractivity contribution is -0.117. The van der Waals surface area contributed by atoms with E-state index in [1.54, 1.807) is 24.3 Å². The summed E-state index contributed by atoms with van der Waals surface area (Å²) in [6.45, 7) is -1.01. The first-order valence-corrected chi connectivity index (χ1v) is 3.71. The van der Waals surface area contributed by atoms with Crippen molar-refractivity contribution in [3.63, 3.8) is 0 Å². The Kier molecular flexibility index (Phi) is 3.05. The van der Waals surface area contributed by atoms with Crippen LogP contribution in [0, 0.1) is 0 Å². The molecule has 0 fully saturated rings. The highest BCUT2D eigenvalue weighted by atomic mass is 35.5. The van der Waals surface area contributed by atoms with Gasteiger partial charge in [0.1, 0.15) is 0 Å². The maximum atomic E-state index is 11.7. The molecule has 0 unspecified atom stereocenters. The fraction of sp³-hybridized carbons (Fsp3) is 0.125. The van der Waals surface area contributed by atoms with Gasteiger partial charge in [0, 0.05) is 10.7 Å². The van der Waals surface area contributed by atoms with Crippen molar-refractivity contribution in [2.24, 2.45) is 0 Å². The van der Waals surface area contributed by atoms with Crippen LogP contribution in [-0.2, 0) is 4.79 Å². The lowest BCUT2D eigenvalue weighted by Crippen LogP contribution is -2.12. The number of amides is 1. The molecule has 1 aromatic rings. The third-order valence-electron chi connectivity index (χ3n) is 1.25. The zero-order valence-electron chi connectivity index (χ0n) is 6.18. The van der Waals surface area contributed by atoms with Crippen LogP contribution < -0.4 is 5.32 Å². The van der Waals surface area contributed by atoms with E-state index in [1.165, 1.54) is 0 Å². The van der Waals surface area contributed by atoms with Crippen LogP contribution in [0.4, 0.5) is 10.1 Å². The summed E-state index contributed by atoms with van der Waals surface area (Å²) in [5, 5.41) is 2.92. The minimum Gasteiger partial charge on any atom is -0.324 e. The van der Waals surface area contributed by atoms with Crippen LogP contribution in [0.25, 0.3) is 0 Å². The van der Waals surface area contributed by atoms with Gasteiger partial charge in [0.25, 0.3) is 5.91 Å². The topological polar surface area (TPSA) is 29.1 Å². The second kappa shape index (κ2) is 4.07. The number of carbonyl (C=O) groups is 1. The van der Waals surface area contributed by atoms with Crippen molar-refractivity contribution in [2.75, 3.05) is 12.0 Å². The Labute approximate surface area is 74.3 Å².